The first-order chi connectivity index (χ1) is 25.8. The fraction of sp³-hybridized carbons (Fsp3) is 0.341. The number of phenolic OH excluding ortho intramolecular Hbond substituents is 1. The van der Waals surface area contributed by atoms with Gasteiger partial charge in [0.2, 0.25) is 11.8 Å². The molecule has 2 saturated heterocycles. The molecule has 0 spiro atoms. The van der Waals surface area contributed by atoms with Gasteiger partial charge in [-0.25, -0.2) is 0 Å². The Bertz CT molecular complexity index is 2080. The minimum Gasteiger partial charge on any atom is -0.508 e. The third kappa shape index (κ3) is 7.24. The van der Waals surface area contributed by atoms with Crippen molar-refractivity contribution >= 4 is 23.4 Å². The normalized spacial score (nSPS) is 21.4. The van der Waals surface area contributed by atoms with Gasteiger partial charge in [-0.05, 0) is 85.3 Å². The molecular weight excluding hydrogens is 665 g/mol. The number of carbonyl (C=O) groups is 3. The summed E-state index contributed by atoms with van der Waals surface area (Å²) in [4.78, 5) is 43.3. The molecule has 2 fully saturated rings. The highest BCUT2D eigenvalue weighted by molar-refractivity contribution is 6.05. The molecule has 0 aromatic heterocycles. The molecule has 8 rings (SSSR count). The number of imide groups is 1. The fourth-order valence-electron chi connectivity index (χ4n) is 8.50. The van der Waals surface area contributed by atoms with Gasteiger partial charge in [0.15, 0.2) is 0 Å². The monoisotopic (exact) mass is 708 g/mol. The van der Waals surface area contributed by atoms with Crippen LogP contribution in [0.25, 0.3) is 0 Å². The van der Waals surface area contributed by atoms with E-state index >= 15 is 0 Å². The van der Waals surface area contributed by atoms with E-state index in [4.69, 9.17) is 4.74 Å². The second kappa shape index (κ2) is 14.8. The van der Waals surface area contributed by atoms with Crippen molar-refractivity contribution in [3.63, 3.8) is 0 Å². The number of amides is 3. The van der Waals surface area contributed by atoms with E-state index in [9.17, 15) is 19.5 Å². The van der Waals surface area contributed by atoms with E-state index in [2.05, 4.69) is 82.5 Å². The van der Waals surface area contributed by atoms with Crippen LogP contribution in [-0.4, -0.2) is 78.5 Å². The van der Waals surface area contributed by atoms with E-state index in [1.165, 1.54) is 16.8 Å². The standard InChI is InChI=1S/C44H44N4O5/c1-46(21-5-6-29-9-15-36-33(24-29)27-48(44(36)52)39-17-18-41(50)45-43(39)51)26-30-19-22-47(23-20-30)34-12-10-32(11-13-34)42-37-16-14-35(49)25-40(37)53-28-38(42)31-7-3-2-4-8-31/h2-4,7-16,24-25,30,38-39,42,49H,17-23,26-28H2,1H3,(H,45,50,51). The molecular formula is C44H44N4O5. The number of hydrogen-bond donors (Lipinski definition) is 2. The quantitative estimate of drug-likeness (QED) is 0.189. The molecule has 4 aromatic rings. The van der Waals surface area contributed by atoms with Gasteiger partial charge in [-0.15, -0.1) is 0 Å². The minimum atomic E-state index is -0.616. The van der Waals surface area contributed by atoms with E-state index in [1.807, 2.05) is 24.3 Å². The van der Waals surface area contributed by atoms with Crippen molar-refractivity contribution in [2.75, 3.05) is 44.7 Å². The van der Waals surface area contributed by atoms with E-state index in [1.54, 1.807) is 23.1 Å². The molecule has 3 unspecified atom stereocenters. The summed E-state index contributed by atoms with van der Waals surface area (Å²) in [5.74, 6) is 7.61. The zero-order valence-corrected chi connectivity index (χ0v) is 30.0. The van der Waals surface area contributed by atoms with Crippen LogP contribution < -0.4 is 15.0 Å². The number of ether oxygens (including phenoxy) is 1. The largest absolute Gasteiger partial charge is 0.508 e. The molecule has 0 saturated carbocycles. The maximum Gasteiger partial charge on any atom is 0.255 e. The predicted octanol–water partition coefficient (Wildman–Crippen LogP) is 5.66. The van der Waals surface area contributed by atoms with E-state index in [0.717, 1.165) is 54.9 Å². The fourth-order valence-corrected chi connectivity index (χ4v) is 8.50. The van der Waals surface area contributed by atoms with Crippen LogP contribution in [0.3, 0.4) is 0 Å². The zero-order chi connectivity index (χ0) is 36.5. The van der Waals surface area contributed by atoms with E-state index < -0.39 is 11.9 Å². The Morgan fingerprint density at radius 3 is 2.47 bits per heavy atom. The van der Waals surface area contributed by atoms with Crippen molar-refractivity contribution in [2.45, 2.75) is 50.1 Å². The average molecular weight is 709 g/mol. The summed E-state index contributed by atoms with van der Waals surface area (Å²) in [6.07, 6.45) is 2.83. The van der Waals surface area contributed by atoms with Crippen LogP contribution in [0.5, 0.6) is 11.5 Å². The van der Waals surface area contributed by atoms with Gasteiger partial charge in [0, 0.05) is 72.9 Å². The lowest BCUT2D eigenvalue weighted by molar-refractivity contribution is -0.136. The SMILES string of the molecule is CN(CC#Cc1ccc2c(c1)CN(C1CCC(=O)NC1=O)C2=O)CC1CCN(c2ccc(C3c4ccc(O)cc4OCC3c3ccccc3)cc2)CC1. The van der Waals surface area contributed by atoms with Gasteiger partial charge in [0.1, 0.15) is 17.5 Å². The molecule has 270 valence electrons. The van der Waals surface area contributed by atoms with Gasteiger partial charge in [-0.3, -0.25) is 24.6 Å². The lowest BCUT2D eigenvalue weighted by Crippen LogP contribution is -2.52. The molecule has 2 N–H and O–H groups in total. The molecule has 0 bridgehead atoms. The second-order valence-electron chi connectivity index (χ2n) is 14.8. The number of nitrogens with zero attached hydrogens (tertiary/aromatic N) is 3. The highest BCUT2D eigenvalue weighted by Gasteiger charge is 2.39. The molecule has 0 radical (unpaired) electrons. The number of phenols is 1. The molecule has 9 nitrogen and oxygen atoms in total. The van der Waals surface area contributed by atoms with Gasteiger partial charge in [-0.1, -0.05) is 60.4 Å². The topological polar surface area (TPSA) is 102 Å². The molecule has 4 aromatic carbocycles. The van der Waals surface area contributed by atoms with Crippen molar-refractivity contribution in [1.29, 1.82) is 0 Å². The zero-order valence-electron chi connectivity index (χ0n) is 30.0. The Balaban J connectivity index is 0.846. The van der Waals surface area contributed by atoms with Crippen LogP contribution in [0.4, 0.5) is 5.69 Å². The Hall–Kier alpha value is -5.59. The van der Waals surface area contributed by atoms with Crippen molar-refractivity contribution in [1.82, 2.24) is 15.1 Å². The number of nitrogens with one attached hydrogen (secondary N) is 1. The van der Waals surface area contributed by atoms with Crippen molar-refractivity contribution < 1.29 is 24.2 Å². The minimum absolute atomic E-state index is 0.127. The van der Waals surface area contributed by atoms with Gasteiger partial charge in [0.05, 0.1) is 13.2 Å². The third-order valence-corrected chi connectivity index (χ3v) is 11.3. The molecule has 9 heteroatoms. The highest BCUT2D eigenvalue weighted by atomic mass is 16.5. The third-order valence-electron chi connectivity index (χ3n) is 11.3. The summed E-state index contributed by atoms with van der Waals surface area (Å²) in [6, 6.07) is 30.1. The number of anilines is 1. The molecule has 3 atom stereocenters. The molecule has 0 aliphatic carbocycles. The lowest BCUT2D eigenvalue weighted by atomic mass is 9.76. The first-order valence-corrected chi connectivity index (χ1v) is 18.6. The van der Waals surface area contributed by atoms with E-state index in [0.29, 0.717) is 37.6 Å². The number of fused-ring (bicyclic) bond motifs is 2. The van der Waals surface area contributed by atoms with Gasteiger partial charge in [0.25, 0.3) is 5.91 Å². The summed E-state index contributed by atoms with van der Waals surface area (Å²) in [7, 11) is 2.12. The van der Waals surface area contributed by atoms with Crippen LogP contribution in [0.2, 0.25) is 0 Å². The number of hydrogen-bond acceptors (Lipinski definition) is 7. The summed E-state index contributed by atoms with van der Waals surface area (Å²) < 4.78 is 6.16. The lowest BCUT2D eigenvalue weighted by Gasteiger charge is -2.36. The maximum absolute atomic E-state index is 13.0. The van der Waals surface area contributed by atoms with Gasteiger partial charge < -0.3 is 19.6 Å². The first-order valence-electron chi connectivity index (χ1n) is 18.6. The molecule has 4 heterocycles. The molecule has 4 aliphatic heterocycles. The molecule has 4 aliphatic rings. The van der Waals surface area contributed by atoms with E-state index in [-0.39, 0.29) is 35.8 Å². The van der Waals surface area contributed by atoms with Crippen molar-refractivity contribution in [3.05, 3.63) is 124 Å². The molecule has 3 amide bonds. The van der Waals surface area contributed by atoms with Crippen molar-refractivity contribution in [2.24, 2.45) is 5.92 Å². The number of piperidine rings is 2. The Morgan fingerprint density at radius 2 is 1.70 bits per heavy atom. The van der Waals surface area contributed by atoms with Crippen molar-refractivity contribution in [3.8, 4) is 23.3 Å². The number of aromatic hydroxyl groups is 1. The predicted molar refractivity (Wildman–Crippen MR) is 203 cm³/mol. The maximum atomic E-state index is 13.0. The molecule has 53 heavy (non-hydrogen) atoms. The smallest absolute Gasteiger partial charge is 0.255 e. The summed E-state index contributed by atoms with van der Waals surface area (Å²) >= 11 is 0. The van der Waals surface area contributed by atoms with Crippen LogP contribution in [0.1, 0.15) is 75.7 Å². The highest BCUT2D eigenvalue weighted by Crippen LogP contribution is 2.47. The van der Waals surface area contributed by atoms with Gasteiger partial charge >= 0.3 is 0 Å². The average Bonchev–Trinajstić information content (AvgIpc) is 3.49. The van der Waals surface area contributed by atoms with Crippen LogP contribution in [-0.2, 0) is 16.1 Å². The second-order valence-corrected chi connectivity index (χ2v) is 14.8. The summed E-state index contributed by atoms with van der Waals surface area (Å²) in [6.45, 7) is 4.58. The van der Waals surface area contributed by atoms with Crippen LogP contribution >= 0.6 is 0 Å². The Kier molecular flexibility index (Phi) is 9.63. The Labute approximate surface area is 310 Å². The summed E-state index contributed by atoms with van der Waals surface area (Å²) in [5.41, 5.74) is 7.17. The van der Waals surface area contributed by atoms with Crippen LogP contribution in [0.15, 0.2) is 91.0 Å². The number of benzene rings is 4. The van der Waals surface area contributed by atoms with Crippen LogP contribution in [0, 0.1) is 17.8 Å². The summed E-state index contributed by atoms with van der Waals surface area (Å²) in [5, 5.41) is 12.5. The van der Waals surface area contributed by atoms with Gasteiger partial charge in [-0.2, -0.15) is 0 Å². The number of carbonyl (C=O) groups excluding carboxylic acids is 3. The number of rotatable bonds is 7. The first kappa shape index (κ1) is 34.5. The Morgan fingerprint density at radius 1 is 0.906 bits per heavy atom.